The second-order valence-electron chi connectivity index (χ2n) is 2.76. The normalized spacial score (nSPS) is 10.7. The van der Waals surface area contributed by atoms with Gasteiger partial charge in [0.25, 0.3) is 0 Å². The fourth-order valence-corrected chi connectivity index (χ4v) is 2.71. The molecule has 2 aromatic rings. The van der Waals surface area contributed by atoms with Crippen molar-refractivity contribution in [3.05, 3.63) is 16.0 Å². The van der Waals surface area contributed by atoms with Crippen LogP contribution in [-0.2, 0) is 0 Å². The number of nitrogens with zero attached hydrogens (tertiary/aromatic N) is 1. The summed E-state index contributed by atoms with van der Waals surface area (Å²) < 4.78 is 7.27. The van der Waals surface area contributed by atoms with E-state index >= 15 is 0 Å². The van der Waals surface area contributed by atoms with Crippen LogP contribution < -0.4 is 10.5 Å². The highest BCUT2D eigenvalue weighted by Gasteiger charge is 2.07. The lowest BCUT2D eigenvalue weighted by Gasteiger charge is -2.03. The number of rotatable bonds is 2. The summed E-state index contributed by atoms with van der Waals surface area (Å²) in [6, 6.07) is 3.76. The van der Waals surface area contributed by atoms with Gasteiger partial charge < -0.3 is 10.5 Å². The molecule has 0 unspecified atom stereocenters. The molecule has 74 valence electrons. The zero-order valence-corrected chi connectivity index (χ0v) is 9.98. The second-order valence-corrected chi connectivity index (χ2v) is 5.07. The van der Waals surface area contributed by atoms with E-state index < -0.39 is 0 Å². The van der Waals surface area contributed by atoms with Crippen molar-refractivity contribution < 1.29 is 4.74 Å². The molecule has 0 aliphatic carbocycles. The van der Waals surface area contributed by atoms with E-state index in [0.29, 0.717) is 12.3 Å². The van der Waals surface area contributed by atoms with E-state index in [0.717, 1.165) is 19.9 Å². The monoisotopic (exact) mass is 272 g/mol. The van der Waals surface area contributed by atoms with E-state index in [1.165, 1.54) is 0 Å². The molecule has 5 heteroatoms. The van der Waals surface area contributed by atoms with Gasteiger partial charge in [0.15, 0.2) is 3.92 Å². The predicted molar refractivity (Wildman–Crippen MR) is 62.9 cm³/mol. The molecule has 0 radical (unpaired) electrons. The lowest BCUT2D eigenvalue weighted by atomic mass is 10.3. The molecule has 0 fully saturated rings. The quantitative estimate of drug-likeness (QED) is 0.855. The summed E-state index contributed by atoms with van der Waals surface area (Å²) in [5.41, 5.74) is 7.34. The molecule has 0 aliphatic rings. The van der Waals surface area contributed by atoms with Crippen LogP contribution in [0.1, 0.15) is 6.92 Å². The Balaban J connectivity index is 2.59. The Morgan fingerprint density at radius 3 is 3.07 bits per heavy atom. The standard InChI is InChI=1S/C9H9BrN2OS/c1-2-13-5-3-6(11)8-7(4-5)14-9(10)12-8/h3-4H,2,11H2,1H3. The molecular formula is C9H9BrN2OS. The summed E-state index contributed by atoms with van der Waals surface area (Å²) in [4.78, 5) is 4.27. The van der Waals surface area contributed by atoms with E-state index in [-0.39, 0.29) is 0 Å². The van der Waals surface area contributed by atoms with Crippen molar-refractivity contribution in [2.75, 3.05) is 12.3 Å². The third-order valence-corrected chi connectivity index (χ3v) is 3.24. The zero-order valence-electron chi connectivity index (χ0n) is 7.58. The Kier molecular flexibility index (Phi) is 2.60. The molecule has 1 aromatic heterocycles. The van der Waals surface area contributed by atoms with E-state index in [4.69, 9.17) is 10.5 Å². The van der Waals surface area contributed by atoms with Crippen LogP contribution in [-0.4, -0.2) is 11.6 Å². The molecule has 2 rings (SSSR count). The van der Waals surface area contributed by atoms with Crippen LogP contribution in [0, 0.1) is 0 Å². The van der Waals surface area contributed by atoms with Crippen LogP contribution in [0.3, 0.4) is 0 Å². The molecule has 0 bridgehead atoms. The first-order valence-electron chi connectivity index (χ1n) is 4.19. The van der Waals surface area contributed by atoms with Crippen molar-refractivity contribution in [2.24, 2.45) is 0 Å². The number of benzene rings is 1. The van der Waals surface area contributed by atoms with Gasteiger partial charge in [-0.3, -0.25) is 0 Å². The van der Waals surface area contributed by atoms with Crippen LogP contribution in [0.25, 0.3) is 10.2 Å². The first-order chi connectivity index (χ1) is 6.70. The highest BCUT2D eigenvalue weighted by molar-refractivity contribution is 9.11. The Bertz CT molecular complexity index is 469. The first kappa shape index (κ1) is 9.73. The molecule has 0 aliphatic heterocycles. The number of nitrogens with two attached hydrogens (primary N) is 1. The Hall–Kier alpha value is -0.810. The van der Waals surface area contributed by atoms with Gasteiger partial charge in [-0.2, -0.15) is 0 Å². The van der Waals surface area contributed by atoms with Gasteiger partial charge in [0, 0.05) is 6.07 Å². The fourth-order valence-electron chi connectivity index (χ4n) is 1.25. The molecule has 0 saturated heterocycles. The molecular weight excluding hydrogens is 264 g/mol. The van der Waals surface area contributed by atoms with Crippen molar-refractivity contribution in [1.82, 2.24) is 4.98 Å². The van der Waals surface area contributed by atoms with Crippen LogP contribution in [0.4, 0.5) is 5.69 Å². The van der Waals surface area contributed by atoms with E-state index in [1.54, 1.807) is 17.4 Å². The SMILES string of the molecule is CCOc1cc(N)c2nc(Br)sc2c1. The highest BCUT2D eigenvalue weighted by Crippen LogP contribution is 2.33. The molecule has 0 spiro atoms. The summed E-state index contributed by atoms with van der Waals surface area (Å²) in [6.45, 7) is 2.59. The highest BCUT2D eigenvalue weighted by atomic mass is 79.9. The summed E-state index contributed by atoms with van der Waals surface area (Å²) in [6.07, 6.45) is 0. The molecule has 3 nitrogen and oxygen atoms in total. The van der Waals surface area contributed by atoms with Gasteiger partial charge in [-0.1, -0.05) is 0 Å². The Morgan fingerprint density at radius 1 is 1.57 bits per heavy atom. The Labute approximate surface area is 94.0 Å². The molecule has 2 N–H and O–H groups in total. The van der Waals surface area contributed by atoms with Crippen molar-refractivity contribution in [1.29, 1.82) is 0 Å². The van der Waals surface area contributed by atoms with E-state index in [1.807, 2.05) is 13.0 Å². The first-order valence-corrected chi connectivity index (χ1v) is 5.80. The number of nitrogen functional groups attached to an aromatic ring is 1. The van der Waals surface area contributed by atoms with E-state index in [2.05, 4.69) is 20.9 Å². The maximum Gasteiger partial charge on any atom is 0.160 e. The van der Waals surface area contributed by atoms with E-state index in [9.17, 15) is 0 Å². The fraction of sp³-hybridized carbons (Fsp3) is 0.222. The van der Waals surface area contributed by atoms with Gasteiger partial charge in [0.1, 0.15) is 11.3 Å². The third-order valence-electron chi connectivity index (χ3n) is 1.78. The lowest BCUT2D eigenvalue weighted by Crippen LogP contribution is -1.93. The van der Waals surface area contributed by atoms with Crippen molar-refractivity contribution in [3.8, 4) is 5.75 Å². The number of aromatic nitrogens is 1. The van der Waals surface area contributed by atoms with Crippen LogP contribution >= 0.6 is 27.3 Å². The topological polar surface area (TPSA) is 48.1 Å². The minimum absolute atomic E-state index is 0.644. The molecule has 14 heavy (non-hydrogen) atoms. The van der Waals surface area contributed by atoms with Crippen LogP contribution in [0.5, 0.6) is 5.75 Å². The van der Waals surface area contributed by atoms with Crippen molar-refractivity contribution in [3.63, 3.8) is 0 Å². The average molecular weight is 273 g/mol. The maximum atomic E-state index is 5.84. The summed E-state index contributed by atoms with van der Waals surface area (Å²) in [5, 5.41) is 0. The maximum absolute atomic E-state index is 5.84. The second kappa shape index (κ2) is 3.74. The number of ether oxygens (including phenoxy) is 1. The summed E-state index contributed by atoms with van der Waals surface area (Å²) in [7, 11) is 0. The smallest absolute Gasteiger partial charge is 0.160 e. The third kappa shape index (κ3) is 1.69. The van der Waals surface area contributed by atoms with Crippen molar-refractivity contribution >= 4 is 43.2 Å². The van der Waals surface area contributed by atoms with Gasteiger partial charge >= 0.3 is 0 Å². The number of fused-ring (bicyclic) bond motifs is 1. The predicted octanol–water partition coefficient (Wildman–Crippen LogP) is 3.04. The Morgan fingerprint density at radius 2 is 2.36 bits per heavy atom. The number of anilines is 1. The number of thiazole rings is 1. The molecule has 0 atom stereocenters. The summed E-state index contributed by atoms with van der Waals surface area (Å²) >= 11 is 4.89. The van der Waals surface area contributed by atoms with Gasteiger partial charge in [-0.05, 0) is 28.9 Å². The molecule has 0 amide bonds. The largest absolute Gasteiger partial charge is 0.494 e. The molecule has 1 aromatic carbocycles. The van der Waals surface area contributed by atoms with Gasteiger partial charge in [0.05, 0.1) is 17.0 Å². The molecule has 0 saturated carbocycles. The number of hydrogen-bond donors (Lipinski definition) is 1. The van der Waals surface area contributed by atoms with Gasteiger partial charge in [-0.15, -0.1) is 11.3 Å². The zero-order chi connectivity index (χ0) is 10.1. The van der Waals surface area contributed by atoms with Gasteiger partial charge in [0.2, 0.25) is 0 Å². The minimum atomic E-state index is 0.644. The summed E-state index contributed by atoms with van der Waals surface area (Å²) in [5.74, 6) is 0.800. The van der Waals surface area contributed by atoms with Gasteiger partial charge in [-0.25, -0.2) is 4.98 Å². The minimum Gasteiger partial charge on any atom is -0.494 e. The van der Waals surface area contributed by atoms with Crippen molar-refractivity contribution in [2.45, 2.75) is 6.92 Å². The van der Waals surface area contributed by atoms with Crippen LogP contribution in [0.15, 0.2) is 16.0 Å². The number of halogens is 1. The number of hydrogen-bond acceptors (Lipinski definition) is 4. The molecule has 1 heterocycles. The lowest BCUT2D eigenvalue weighted by molar-refractivity contribution is 0.341. The van der Waals surface area contributed by atoms with Crippen LogP contribution in [0.2, 0.25) is 0 Å². The average Bonchev–Trinajstić information content (AvgIpc) is 2.47.